The second-order valence-electron chi connectivity index (χ2n) is 6.38. The number of rotatable bonds is 7. The Morgan fingerprint density at radius 2 is 2.07 bits per heavy atom. The van der Waals surface area contributed by atoms with Gasteiger partial charge in [0.25, 0.3) is 5.91 Å². The Balaban J connectivity index is 1.66. The molecular weight excluding hydrogens is 384 g/mol. The summed E-state index contributed by atoms with van der Waals surface area (Å²) in [6, 6.07) is 5.60. The number of methoxy groups -OCH3 is 2. The highest BCUT2D eigenvalue weighted by Crippen LogP contribution is 2.37. The third-order valence-electron chi connectivity index (χ3n) is 4.71. The highest BCUT2D eigenvalue weighted by Gasteiger charge is 2.32. The summed E-state index contributed by atoms with van der Waals surface area (Å²) in [5.41, 5.74) is 0.801. The maximum Gasteiger partial charge on any atom is 0.266 e. The molecule has 3 rings (SSSR count). The Bertz CT molecular complexity index is 732. The lowest BCUT2D eigenvalue weighted by Gasteiger charge is -2.24. The maximum absolute atomic E-state index is 12.8. The number of thioether (sulfide) groups is 1. The van der Waals surface area contributed by atoms with Crippen LogP contribution in [-0.2, 0) is 9.53 Å². The number of nitrogens with one attached hydrogen (secondary N) is 1. The predicted molar refractivity (Wildman–Crippen MR) is 110 cm³/mol. The van der Waals surface area contributed by atoms with Gasteiger partial charge in [0.2, 0.25) is 0 Å². The number of carbonyl (C=O) groups excluding carboxylic acids is 1. The van der Waals surface area contributed by atoms with Crippen molar-refractivity contribution in [3.05, 3.63) is 28.7 Å². The zero-order valence-corrected chi connectivity index (χ0v) is 17.3. The Morgan fingerprint density at radius 3 is 2.78 bits per heavy atom. The zero-order chi connectivity index (χ0) is 19.2. The molecule has 1 aromatic rings. The predicted octanol–water partition coefficient (Wildman–Crippen LogP) is 1.21. The Morgan fingerprint density at radius 1 is 1.30 bits per heavy atom. The van der Waals surface area contributed by atoms with Gasteiger partial charge in [-0.25, -0.2) is 0 Å². The van der Waals surface area contributed by atoms with Gasteiger partial charge in [-0.05, 0) is 12.1 Å². The molecule has 0 atom stereocenters. The van der Waals surface area contributed by atoms with E-state index in [1.165, 1.54) is 16.7 Å². The number of thiocarbonyl (C=S) groups is 1. The van der Waals surface area contributed by atoms with Crippen molar-refractivity contribution in [2.24, 2.45) is 0 Å². The van der Waals surface area contributed by atoms with E-state index < -0.39 is 0 Å². The van der Waals surface area contributed by atoms with Crippen molar-refractivity contribution in [1.82, 2.24) is 4.90 Å². The molecule has 146 valence electrons. The average molecular weight is 410 g/mol. The quantitative estimate of drug-likeness (QED) is 0.540. The van der Waals surface area contributed by atoms with Crippen molar-refractivity contribution in [3.63, 3.8) is 0 Å². The molecule has 27 heavy (non-hydrogen) atoms. The minimum Gasteiger partial charge on any atom is -0.493 e. The summed E-state index contributed by atoms with van der Waals surface area (Å²) in [5, 5.41) is 0. The number of nitrogens with zero attached hydrogens (tertiary/aromatic N) is 1. The fourth-order valence-corrected chi connectivity index (χ4v) is 4.56. The van der Waals surface area contributed by atoms with Gasteiger partial charge in [0.1, 0.15) is 17.4 Å². The van der Waals surface area contributed by atoms with Crippen LogP contribution in [0.5, 0.6) is 11.5 Å². The molecule has 2 heterocycles. The van der Waals surface area contributed by atoms with Gasteiger partial charge in [-0.1, -0.05) is 36.1 Å². The number of para-hydroxylation sites is 1. The highest BCUT2D eigenvalue weighted by molar-refractivity contribution is 8.26. The largest absolute Gasteiger partial charge is 0.493 e. The van der Waals surface area contributed by atoms with Crippen LogP contribution >= 0.6 is 24.0 Å². The molecule has 0 aromatic heterocycles. The lowest BCUT2D eigenvalue weighted by molar-refractivity contribution is -0.908. The molecule has 0 spiro atoms. The standard InChI is InChI=1S/C19H24N2O4S2/c1-23-15-6-3-5-14(17(15)24-2)13-16-18(22)21(19(26)27-16)8-4-7-20-9-11-25-12-10-20/h3,5-6,13H,4,7-12H2,1-2H3/p+1/b16-13-. The van der Waals surface area contributed by atoms with Crippen LogP contribution in [0, 0.1) is 0 Å². The molecule has 0 bridgehead atoms. The Kier molecular flexibility index (Phi) is 7.12. The minimum absolute atomic E-state index is 0.0353. The first-order valence-electron chi connectivity index (χ1n) is 9.01. The van der Waals surface area contributed by atoms with E-state index in [1.807, 2.05) is 24.3 Å². The molecule has 1 amide bonds. The van der Waals surface area contributed by atoms with Crippen molar-refractivity contribution >= 4 is 40.3 Å². The third-order valence-corrected chi connectivity index (χ3v) is 6.08. The normalized spacial score (nSPS) is 19.8. The van der Waals surface area contributed by atoms with Gasteiger partial charge in [-0.3, -0.25) is 9.69 Å². The first kappa shape index (κ1) is 20.1. The molecule has 2 saturated heterocycles. The van der Waals surface area contributed by atoms with Crippen LogP contribution in [0.4, 0.5) is 0 Å². The number of hydrogen-bond donors (Lipinski definition) is 1. The summed E-state index contributed by atoms with van der Waals surface area (Å²) in [6.45, 7) is 5.40. The minimum atomic E-state index is -0.0353. The first-order chi connectivity index (χ1) is 13.1. The van der Waals surface area contributed by atoms with E-state index in [0.29, 0.717) is 27.3 Å². The fourth-order valence-electron chi connectivity index (χ4n) is 3.26. The van der Waals surface area contributed by atoms with Crippen LogP contribution < -0.4 is 14.4 Å². The molecule has 2 fully saturated rings. The summed E-state index contributed by atoms with van der Waals surface area (Å²) in [6.07, 6.45) is 2.76. The summed E-state index contributed by atoms with van der Waals surface area (Å²) in [4.78, 5) is 16.7. The van der Waals surface area contributed by atoms with Crippen LogP contribution in [0.3, 0.4) is 0 Å². The SMILES string of the molecule is COc1cccc(/C=C2\SC(=S)N(CCC[NH+]3CCOCC3)C2=O)c1OC. The molecule has 8 heteroatoms. The van der Waals surface area contributed by atoms with Gasteiger partial charge < -0.3 is 19.1 Å². The van der Waals surface area contributed by atoms with Crippen LogP contribution in [0.25, 0.3) is 6.08 Å². The summed E-state index contributed by atoms with van der Waals surface area (Å²) in [5.74, 6) is 1.21. The molecule has 0 aliphatic carbocycles. The number of morpholine rings is 1. The van der Waals surface area contributed by atoms with E-state index >= 15 is 0 Å². The van der Waals surface area contributed by atoms with E-state index in [-0.39, 0.29) is 5.91 Å². The van der Waals surface area contributed by atoms with Crippen molar-refractivity contribution < 1.29 is 23.9 Å². The third kappa shape index (κ3) is 4.82. The molecule has 0 saturated carbocycles. The monoisotopic (exact) mass is 409 g/mol. The van der Waals surface area contributed by atoms with E-state index in [0.717, 1.165) is 44.8 Å². The summed E-state index contributed by atoms with van der Waals surface area (Å²) >= 11 is 6.78. The Hall–Kier alpha value is -1.61. The Labute approximate surface area is 169 Å². The van der Waals surface area contributed by atoms with E-state index in [1.54, 1.807) is 19.1 Å². The molecule has 0 radical (unpaired) electrons. The molecule has 0 unspecified atom stereocenters. The van der Waals surface area contributed by atoms with Crippen molar-refractivity contribution in [2.75, 3.05) is 53.6 Å². The second-order valence-corrected chi connectivity index (χ2v) is 8.06. The van der Waals surface area contributed by atoms with Gasteiger partial charge >= 0.3 is 0 Å². The van der Waals surface area contributed by atoms with Crippen LogP contribution in [0.15, 0.2) is 23.1 Å². The number of benzene rings is 1. The van der Waals surface area contributed by atoms with Gasteiger partial charge in [-0.15, -0.1) is 0 Å². The smallest absolute Gasteiger partial charge is 0.266 e. The molecule has 2 aliphatic heterocycles. The van der Waals surface area contributed by atoms with Crippen molar-refractivity contribution in [2.45, 2.75) is 6.42 Å². The first-order valence-corrected chi connectivity index (χ1v) is 10.2. The van der Waals surface area contributed by atoms with Gasteiger partial charge in [0.05, 0.1) is 38.9 Å². The van der Waals surface area contributed by atoms with Crippen molar-refractivity contribution in [3.8, 4) is 11.5 Å². The van der Waals surface area contributed by atoms with Gasteiger partial charge in [0.15, 0.2) is 11.5 Å². The van der Waals surface area contributed by atoms with Crippen LogP contribution in [0.1, 0.15) is 12.0 Å². The summed E-state index contributed by atoms with van der Waals surface area (Å²) in [7, 11) is 3.19. The van der Waals surface area contributed by atoms with Crippen LogP contribution in [0.2, 0.25) is 0 Å². The molecule has 6 nitrogen and oxygen atoms in total. The van der Waals surface area contributed by atoms with E-state index in [9.17, 15) is 4.79 Å². The molecule has 2 aliphatic rings. The van der Waals surface area contributed by atoms with Crippen molar-refractivity contribution in [1.29, 1.82) is 0 Å². The maximum atomic E-state index is 12.8. The van der Waals surface area contributed by atoms with Crippen LogP contribution in [-0.4, -0.2) is 68.7 Å². The lowest BCUT2D eigenvalue weighted by Crippen LogP contribution is -3.14. The molecule has 1 aromatic carbocycles. The number of hydrogen-bond acceptors (Lipinski definition) is 6. The highest BCUT2D eigenvalue weighted by atomic mass is 32.2. The molecule has 1 N–H and O–H groups in total. The van der Waals surface area contributed by atoms with E-state index in [4.69, 9.17) is 26.4 Å². The number of ether oxygens (including phenoxy) is 3. The number of amides is 1. The van der Waals surface area contributed by atoms with Gasteiger partial charge in [0, 0.05) is 18.5 Å². The second kappa shape index (κ2) is 9.54. The average Bonchev–Trinajstić information content (AvgIpc) is 2.96. The number of carbonyl (C=O) groups is 1. The molecular formula is C19H25N2O4S2+. The summed E-state index contributed by atoms with van der Waals surface area (Å²) < 4.78 is 16.8. The zero-order valence-electron chi connectivity index (χ0n) is 15.7. The van der Waals surface area contributed by atoms with E-state index in [2.05, 4.69) is 0 Å². The van der Waals surface area contributed by atoms with Gasteiger partial charge in [-0.2, -0.15) is 0 Å². The lowest BCUT2D eigenvalue weighted by atomic mass is 10.1. The fraction of sp³-hybridized carbons (Fsp3) is 0.474. The number of quaternary nitrogens is 1. The topological polar surface area (TPSA) is 52.4 Å².